The lowest BCUT2D eigenvalue weighted by molar-refractivity contribution is -0.152. The molecule has 0 rings (SSSR count). The van der Waals surface area contributed by atoms with E-state index in [-0.39, 0.29) is 30.3 Å². The third-order valence-electron chi connectivity index (χ3n) is 4.05. The molecule has 2 amide bonds. The highest BCUT2D eigenvalue weighted by Crippen LogP contribution is 2.16. The van der Waals surface area contributed by atoms with Gasteiger partial charge in [0.05, 0.1) is 6.42 Å². The van der Waals surface area contributed by atoms with Gasteiger partial charge in [-0.3, -0.25) is 14.4 Å². The van der Waals surface area contributed by atoms with Gasteiger partial charge in [-0.2, -0.15) is 0 Å². The van der Waals surface area contributed by atoms with Crippen LogP contribution in [-0.2, 0) is 14.4 Å². The number of hydrogen-bond acceptors (Lipinski definition) is 3. The Morgan fingerprint density at radius 3 is 1.88 bits per heavy atom. The van der Waals surface area contributed by atoms with Crippen molar-refractivity contribution in [3.05, 3.63) is 0 Å². The minimum absolute atomic E-state index is 0.0531. The second kappa shape index (κ2) is 11.0. The SMILES string of the molecule is CCCCCC(=O)N(CC)[C@@H](CC(=O)O)C(=O)N(C(C)C)C(C)C. The van der Waals surface area contributed by atoms with Crippen LogP contribution in [0.5, 0.6) is 0 Å². The molecule has 0 aromatic rings. The maximum Gasteiger partial charge on any atom is 0.305 e. The van der Waals surface area contributed by atoms with Crippen LogP contribution in [-0.4, -0.2) is 57.4 Å². The number of carboxylic acids is 1. The minimum atomic E-state index is -1.07. The second-order valence-corrected chi connectivity index (χ2v) is 6.68. The molecule has 0 unspecified atom stereocenters. The lowest BCUT2D eigenvalue weighted by Crippen LogP contribution is -2.55. The predicted octanol–water partition coefficient (Wildman–Crippen LogP) is 2.90. The molecule has 6 nitrogen and oxygen atoms in total. The monoisotopic (exact) mass is 342 g/mol. The quantitative estimate of drug-likeness (QED) is 0.586. The predicted molar refractivity (Wildman–Crippen MR) is 94.7 cm³/mol. The summed E-state index contributed by atoms with van der Waals surface area (Å²) >= 11 is 0. The summed E-state index contributed by atoms with van der Waals surface area (Å²) in [5.74, 6) is -1.49. The van der Waals surface area contributed by atoms with E-state index in [2.05, 4.69) is 6.92 Å². The number of likely N-dealkylation sites (N-methyl/N-ethyl adjacent to an activating group) is 1. The van der Waals surface area contributed by atoms with Crippen LogP contribution in [0.2, 0.25) is 0 Å². The van der Waals surface area contributed by atoms with Gasteiger partial charge in [-0.25, -0.2) is 0 Å². The Hall–Kier alpha value is -1.59. The smallest absolute Gasteiger partial charge is 0.305 e. The van der Waals surface area contributed by atoms with Gasteiger partial charge in [-0.15, -0.1) is 0 Å². The molecule has 0 aliphatic heterocycles. The Morgan fingerprint density at radius 2 is 1.50 bits per heavy atom. The van der Waals surface area contributed by atoms with Gasteiger partial charge in [0.15, 0.2) is 0 Å². The number of unbranched alkanes of at least 4 members (excludes halogenated alkanes) is 2. The Bertz CT molecular complexity index is 413. The van der Waals surface area contributed by atoms with Crippen molar-refractivity contribution in [2.75, 3.05) is 6.54 Å². The van der Waals surface area contributed by atoms with E-state index in [1.807, 2.05) is 27.7 Å². The molecule has 0 aromatic heterocycles. The summed E-state index contributed by atoms with van der Waals surface area (Å²) < 4.78 is 0. The third-order valence-corrected chi connectivity index (χ3v) is 4.05. The van der Waals surface area contributed by atoms with E-state index in [1.165, 1.54) is 4.90 Å². The molecule has 0 fully saturated rings. The molecule has 24 heavy (non-hydrogen) atoms. The van der Waals surface area contributed by atoms with E-state index in [0.29, 0.717) is 13.0 Å². The van der Waals surface area contributed by atoms with E-state index >= 15 is 0 Å². The molecule has 0 saturated carbocycles. The zero-order chi connectivity index (χ0) is 18.9. The third kappa shape index (κ3) is 6.89. The van der Waals surface area contributed by atoms with Gasteiger partial charge in [0.1, 0.15) is 6.04 Å². The second-order valence-electron chi connectivity index (χ2n) is 6.68. The topological polar surface area (TPSA) is 77.9 Å². The van der Waals surface area contributed by atoms with Gasteiger partial charge >= 0.3 is 5.97 Å². The van der Waals surface area contributed by atoms with Gasteiger partial charge in [-0.05, 0) is 41.0 Å². The molecular formula is C18H34N2O4. The van der Waals surface area contributed by atoms with Crippen LogP contribution < -0.4 is 0 Å². The summed E-state index contributed by atoms with van der Waals surface area (Å²) in [6.45, 7) is 11.8. The molecule has 1 N–H and O–H groups in total. The average molecular weight is 342 g/mol. The lowest BCUT2D eigenvalue weighted by atomic mass is 10.1. The highest BCUT2D eigenvalue weighted by molar-refractivity contribution is 5.91. The Morgan fingerprint density at radius 1 is 0.958 bits per heavy atom. The minimum Gasteiger partial charge on any atom is -0.481 e. The Balaban J connectivity index is 5.42. The molecule has 0 heterocycles. The van der Waals surface area contributed by atoms with E-state index in [4.69, 9.17) is 0 Å². The number of carbonyl (C=O) groups excluding carboxylic acids is 2. The number of hydrogen-bond donors (Lipinski definition) is 1. The number of carboxylic acid groups (broad SMARTS) is 1. The van der Waals surface area contributed by atoms with Crippen molar-refractivity contribution in [2.24, 2.45) is 0 Å². The van der Waals surface area contributed by atoms with Gasteiger partial charge in [0.2, 0.25) is 11.8 Å². The zero-order valence-corrected chi connectivity index (χ0v) is 16.0. The van der Waals surface area contributed by atoms with E-state index < -0.39 is 12.0 Å². The first-order chi connectivity index (χ1) is 11.2. The van der Waals surface area contributed by atoms with Crippen LogP contribution in [0.4, 0.5) is 0 Å². The van der Waals surface area contributed by atoms with Gasteiger partial charge < -0.3 is 14.9 Å². The average Bonchev–Trinajstić information content (AvgIpc) is 2.45. The molecular weight excluding hydrogens is 308 g/mol. The molecule has 0 bridgehead atoms. The van der Waals surface area contributed by atoms with E-state index in [0.717, 1.165) is 19.3 Å². The molecule has 0 aliphatic carbocycles. The standard InChI is InChI=1S/C18H34N2O4/c1-7-9-10-11-16(21)19(8-2)15(12-17(22)23)18(24)20(13(3)4)14(5)6/h13-15H,7-12H2,1-6H3,(H,22,23)/t15-/m0/s1. The molecule has 0 aromatic carbocycles. The highest BCUT2D eigenvalue weighted by atomic mass is 16.4. The fourth-order valence-corrected chi connectivity index (χ4v) is 3.01. The molecule has 0 radical (unpaired) electrons. The van der Waals surface area contributed by atoms with Crippen LogP contribution >= 0.6 is 0 Å². The van der Waals surface area contributed by atoms with E-state index in [1.54, 1.807) is 11.8 Å². The number of rotatable bonds is 11. The molecule has 140 valence electrons. The summed E-state index contributed by atoms with van der Waals surface area (Å²) in [4.78, 5) is 39.8. The normalized spacial score (nSPS) is 12.3. The molecule has 0 spiro atoms. The maximum absolute atomic E-state index is 13.0. The van der Waals surface area contributed by atoms with Gasteiger partial charge in [0.25, 0.3) is 0 Å². The maximum atomic E-state index is 13.0. The number of aliphatic carboxylic acids is 1. The number of amides is 2. The first kappa shape index (κ1) is 22.4. The summed E-state index contributed by atoms with van der Waals surface area (Å²) in [7, 11) is 0. The molecule has 0 aliphatic rings. The van der Waals surface area contributed by atoms with Crippen molar-refractivity contribution in [1.29, 1.82) is 0 Å². The van der Waals surface area contributed by atoms with Gasteiger partial charge in [0, 0.05) is 25.0 Å². The van der Waals surface area contributed by atoms with Gasteiger partial charge in [-0.1, -0.05) is 19.8 Å². The van der Waals surface area contributed by atoms with Crippen molar-refractivity contribution >= 4 is 17.8 Å². The fourth-order valence-electron chi connectivity index (χ4n) is 3.01. The van der Waals surface area contributed by atoms with E-state index in [9.17, 15) is 19.5 Å². The zero-order valence-electron chi connectivity index (χ0n) is 16.0. The summed E-state index contributed by atoms with van der Waals surface area (Å²) in [6, 6.07) is -1.04. The van der Waals surface area contributed by atoms with Crippen LogP contribution in [0.3, 0.4) is 0 Å². The highest BCUT2D eigenvalue weighted by Gasteiger charge is 2.35. The van der Waals surface area contributed by atoms with Crippen LogP contribution in [0.1, 0.15) is 73.6 Å². The van der Waals surface area contributed by atoms with Crippen molar-refractivity contribution in [3.8, 4) is 0 Å². The first-order valence-electron chi connectivity index (χ1n) is 9.00. The first-order valence-corrected chi connectivity index (χ1v) is 9.00. The number of nitrogens with zero attached hydrogens (tertiary/aromatic N) is 2. The molecule has 6 heteroatoms. The Labute approximate surface area is 146 Å². The summed E-state index contributed by atoms with van der Waals surface area (Å²) in [6.07, 6.45) is 2.71. The van der Waals surface area contributed by atoms with Crippen molar-refractivity contribution in [2.45, 2.75) is 91.8 Å². The molecule has 0 saturated heterocycles. The van der Waals surface area contributed by atoms with Crippen LogP contribution in [0, 0.1) is 0 Å². The summed E-state index contributed by atoms with van der Waals surface area (Å²) in [5.41, 5.74) is 0. The van der Waals surface area contributed by atoms with Crippen LogP contribution in [0.15, 0.2) is 0 Å². The van der Waals surface area contributed by atoms with Crippen molar-refractivity contribution < 1.29 is 19.5 Å². The van der Waals surface area contributed by atoms with Crippen molar-refractivity contribution in [1.82, 2.24) is 9.80 Å². The fraction of sp³-hybridized carbons (Fsp3) is 0.833. The summed E-state index contributed by atoms with van der Waals surface area (Å²) in [5, 5.41) is 9.22. The Kier molecular flexibility index (Phi) is 10.3. The number of carbonyl (C=O) groups is 3. The lowest BCUT2D eigenvalue weighted by Gasteiger charge is -2.37. The largest absolute Gasteiger partial charge is 0.481 e. The van der Waals surface area contributed by atoms with Crippen molar-refractivity contribution in [3.63, 3.8) is 0 Å². The molecule has 1 atom stereocenters. The van der Waals surface area contributed by atoms with Crippen LogP contribution in [0.25, 0.3) is 0 Å².